The summed E-state index contributed by atoms with van der Waals surface area (Å²) in [5.41, 5.74) is 0.760. The Kier molecular flexibility index (Phi) is 1.99. The van der Waals surface area contributed by atoms with Crippen molar-refractivity contribution in [3.63, 3.8) is 0 Å². The van der Waals surface area contributed by atoms with Crippen LogP contribution in [-0.4, -0.2) is 25.0 Å². The summed E-state index contributed by atoms with van der Waals surface area (Å²) in [6.45, 7) is 2.12. The Labute approximate surface area is 88.9 Å². The summed E-state index contributed by atoms with van der Waals surface area (Å²) in [5.74, 6) is 1.42. The Balaban J connectivity index is 1.63. The second kappa shape index (κ2) is 3.35. The monoisotopic (exact) mass is 202 g/mol. The number of carbonyl (C=O) groups excluding carboxylic acids is 1. The molecule has 3 rings (SSSR count). The number of hydrogen-bond donors (Lipinski definition) is 2. The van der Waals surface area contributed by atoms with Crippen LogP contribution in [-0.2, 0) is 0 Å². The highest BCUT2D eigenvalue weighted by Crippen LogP contribution is 2.41. The van der Waals surface area contributed by atoms with Crippen LogP contribution in [0, 0.1) is 11.8 Å². The van der Waals surface area contributed by atoms with Gasteiger partial charge in [0.25, 0.3) is 5.91 Å². The molecule has 2 fully saturated rings. The molecule has 0 bridgehead atoms. The van der Waals surface area contributed by atoms with E-state index in [1.165, 1.54) is 0 Å². The van der Waals surface area contributed by atoms with Crippen LogP contribution in [0.3, 0.4) is 0 Å². The van der Waals surface area contributed by atoms with Gasteiger partial charge < -0.3 is 10.6 Å². The lowest BCUT2D eigenvalue weighted by Crippen LogP contribution is -2.32. The fourth-order valence-electron chi connectivity index (χ4n) is 2.46. The number of carbonyl (C=O) groups is 1. The summed E-state index contributed by atoms with van der Waals surface area (Å²) in [7, 11) is 0. The molecule has 1 heterocycles. The third-order valence-electron chi connectivity index (χ3n) is 3.43. The zero-order valence-corrected chi connectivity index (χ0v) is 8.44. The molecule has 2 atom stereocenters. The molecule has 0 radical (unpaired) electrons. The molecular weight excluding hydrogens is 188 g/mol. The first-order chi connectivity index (χ1) is 7.36. The number of hydrogen-bond acceptors (Lipinski definition) is 2. The zero-order valence-electron chi connectivity index (χ0n) is 8.44. The van der Waals surface area contributed by atoms with E-state index in [4.69, 9.17) is 0 Å². The van der Waals surface area contributed by atoms with Crippen LogP contribution in [0.1, 0.15) is 10.4 Å². The van der Waals surface area contributed by atoms with E-state index in [-0.39, 0.29) is 5.91 Å². The lowest BCUT2D eigenvalue weighted by atomic mass is 10.2. The number of fused-ring (bicyclic) bond motifs is 1. The van der Waals surface area contributed by atoms with E-state index in [2.05, 4.69) is 10.6 Å². The van der Waals surface area contributed by atoms with Crippen LogP contribution in [0.15, 0.2) is 30.3 Å². The van der Waals surface area contributed by atoms with E-state index >= 15 is 0 Å². The van der Waals surface area contributed by atoms with Crippen LogP contribution in [0.2, 0.25) is 0 Å². The van der Waals surface area contributed by atoms with Gasteiger partial charge in [-0.2, -0.15) is 0 Å². The van der Waals surface area contributed by atoms with Gasteiger partial charge in [-0.1, -0.05) is 18.2 Å². The lowest BCUT2D eigenvalue weighted by Gasteiger charge is -2.07. The summed E-state index contributed by atoms with van der Waals surface area (Å²) in [6.07, 6.45) is 0. The second-order valence-corrected chi connectivity index (χ2v) is 4.35. The summed E-state index contributed by atoms with van der Waals surface area (Å²) in [6, 6.07) is 9.83. The molecule has 15 heavy (non-hydrogen) atoms. The minimum atomic E-state index is 0.0648. The first-order valence-electron chi connectivity index (χ1n) is 5.43. The molecule has 1 aromatic carbocycles. The summed E-state index contributed by atoms with van der Waals surface area (Å²) >= 11 is 0. The topological polar surface area (TPSA) is 41.1 Å². The van der Waals surface area contributed by atoms with Gasteiger partial charge in [0.15, 0.2) is 0 Å². The van der Waals surface area contributed by atoms with Crippen molar-refractivity contribution in [1.29, 1.82) is 0 Å². The predicted molar refractivity (Wildman–Crippen MR) is 57.5 cm³/mol. The maximum atomic E-state index is 11.8. The van der Waals surface area contributed by atoms with Crippen molar-refractivity contribution < 1.29 is 4.79 Å². The Morgan fingerprint density at radius 1 is 1.20 bits per heavy atom. The SMILES string of the molecule is O=C(NC1C2CNCC21)c1ccccc1. The van der Waals surface area contributed by atoms with Crippen molar-refractivity contribution in [2.45, 2.75) is 6.04 Å². The average Bonchev–Trinajstić information content (AvgIpc) is 2.75. The van der Waals surface area contributed by atoms with Gasteiger partial charge in [0.1, 0.15) is 0 Å². The zero-order chi connectivity index (χ0) is 10.3. The fraction of sp³-hybridized carbons (Fsp3) is 0.417. The standard InChI is InChI=1S/C12H14N2O/c15-12(8-4-2-1-3-5-8)14-11-9-6-13-7-10(9)11/h1-5,9-11,13H,6-7H2,(H,14,15). The number of nitrogens with one attached hydrogen (secondary N) is 2. The third-order valence-corrected chi connectivity index (χ3v) is 3.43. The Bertz CT molecular complexity index is 366. The molecule has 1 amide bonds. The maximum absolute atomic E-state index is 11.8. The second-order valence-electron chi connectivity index (χ2n) is 4.35. The highest BCUT2D eigenvalue weighted by Gasteiger charge is 2.53. The molecule has 1 saturated carbocycles. The van der Waals surface area contributed by atoms with Gasteiger partial charge in [-0.25, -0.2) is 0 Å². The number of benzene rings is 1. The molecule has 3 nitrogen and oxygen atoms in total. The number of rotatable bonds is 2. The molecule has 78 valence electrons. The molecule has 0 aromatic heterocycles. The number of piperidine rings is 1. The predicted octanol–water partition coefficient (Wildman–Crippen LogP) is 0.634. The molecule has 1 aliphatic carbocycles. The average molecular weight is 202 g/mol. The van der Waals surface area contributed by atoms with Gasteiger partial charge in [-0.3, -0.25) is 4.79 Å². The minimum Gasteiger partial charge on any atom is -0.349 e. The Morgan fingerprint density at radius 3 is 2.53 bits per heavy atom. The minimum absolute atomic E-state index is 0.0648. The van der Waals surface area contributed by atoms with Crippen LogP contribution in [0.4, 0.5) is 0 Å². The molecule has 0 spiro atoms. The van der Waals surface area contributed by atoms with Gasteiger partial charge in [-0.05, 0) is 24.0 Å². The van der Waals surface area contributed by atoms with Gasteiger partial charge in [0.05, 0.1) is 0 Å². The quantitative estimate of drug-likeness (QED) is 0.738. The van der Waals surface area contributed by atoms with Crippen molar-refractivity contribution in [2.75, 3.05) is 13.1 Å². The van der Waals surface area contributed by atoms with Crippen LogP contribution >= 0.6 is 0 Å². The molecule has 2 N–H and O–H groups in total. The van der Waals surface area contributed by atoms with Crippen molar-refractivity contribution in [3.05, 3.63) is 35.9 Å². The smallest absolute Gasteiger partial charge is 0.251 e. The summed E-state index contributed by atoms with van der Waals surface area (Å²) < 4.78 is 0. The van der Waals surface area contributed by atoms with E-state index in [9.17, 15) is 4.79 Å². The molecule has 2 unspecified atom stereocenters. The normalized spacial score (nSPS) is 32.1. The summed E-state index contributed by atoms with van der Waals surface area (Å²) in [5, 5.41) is 6.41. The molecule has 2 aliphatic rings. The van der Waals surface area contributed by atoms with Crippen molar-refractivity contribution in [1.82, 2.24) is 10.6 Å². The molecule has 1 saturated heterocycles. The van der Waals surface area contributed by atoms with E-state index in [0.717, 1.165) is 18.7 Å². The summed E-state index contributed by atoms with van der Waals surface area (Å²) in [4.78, 5) is 11.8. The lowest BCUT2D eigenvalue weighted by molar-refractivity contribution is 0.0946. The molecule has 3 heteroatoms. The van der Waals surface area contributed by atoms with Gasteiger partial charge >= 0.3 is 0 Å². The van der Waals surface area contributed by atoms with Crippen molar-refractivity contribution in [2.24, 2.45) is 11.8 Å². The highest BCUT2D eigenvalue weighted by molar-refractivity contribution is 5.94. The van der Waals surface area contributed by atoms with E-state index in [1.54, 1.807) is 0 Å². The Hall–Kier alpha value is -1.35. The van der Waals surface area contributed by atoms with E-state index in [0.29, 0.717) is 17.9 Å². The van der Waals surface area contributed by atoms with Gasteiger partial charge in [0, 0.05) is 24.7 Å². The largest absolute Gasteiger partial charge is 0.349 e. The molecule has 1 aliphatic heterocycles. The van der Waals surface area contributed by atoms with Crippen molar-refractivity contribution in [3.8, 4) is 0 Å². The van der Waals surface area contributed by atoms with Crippen LogP contribution in [0.5, 0.6) is 0 Å². The first-order valence-corrected chi connectivity index (χ1v) is 5.43. The van der Waals surface area contributed by atoms with Crippen LogP contribution in [0.25, 0.3) is 0 Å². The van der Waals surface area contributed by atoms with Gasteiger partial charge in [-0.15, -0.1) is 0 Å². The van der Waals surface area contributed by atoms with E-state index in [1.807, 2.05) is 30.3 Å². The van der Waals surface area contributed by atoms with E-state index < -0.39 is 0 Å². The molecule has 1 aromatic rings. The maximum Gasteiger partial charge on any atom is 0.251 e. The molecular formula is C12H14N2O. The van der Waals surface area contributed by atoms with Crippen molar-refractivity contribution >= 4 is 5.91 Å². The fourth-order valence-corrected chi connectivity index (χ4v) is 2.46. The number of amides is 1. The Morgan fingerprint density at radius 2 is 1.87 bits per heavy atom. The third kappa shape index (κ3) is 1.53. The first kappa shape index (κ1) is 8.92. The van der Waals surface area contributed by atoms with Crippen LogP contribution < -0.4 is 10.6 Å². The van der Waals surface area contributed by atoms with Gasteiger partial charge in [0.2, 0.25) is 0 Å². The highest BCUT2D eigenvalue weighted by atomic mass is 16.1.